The van der Waals surface area contributed by atoms with Crippen LogP contribution in [0.2, 0.25) is 0 Å². The summed E-state index contributed by atoms with van der Waals surface area (Å²) < 4.78 is 26.5. The highest BCUT2D eigenvalue weighted by Gasteiger charge is 2.42. The summed E-state index contributed by atoms with van der Waals surface area (Å²) in [6.45, 7) is 2.05. The molecule has 4 atom stereocenters. The van der Waals surface area contributed by atoms with Crippen molar-refractivity contribution in [3.8, 4) is 0 Å². The van der Waals surface area contributed by atoms with E-state index in [-0.39, 0.29) is 30.9 Å². The minimum absolute atomic E-state index is 0.221. The Morgan fingerprint density at radius 2 is 1.88 bits per heavy atom. The fraction of sp³-hybridized carbons (Fsp3) is 0.909. The Kier molecular flexibility index (Phi) is 5.84. The Morgan fingerprint density at radius 3 is 2.35 bits per heavy atom. The van der Waals surface area contributed by atoms with Crippen LogP contribution < -0.4 is 0 Å². The number of esters is 1. The first-order chi connectivity index (χ1) is 8.13. The molecule has 0 aromatic rings. The van der Waals surface area contributed by atoms with Gasteiger partial charge in [0.2, 0.25) is 0 Å². The van der Waals surface area contributed by atoms with Gasteiger partial charge < -0.3 is 23.7 Å². The lowest BCUT2D eigenvalue weighted by Gasteiger charge is -2.40. The minimum Gasteiger partial charge on any atom is -0.457 e. The van der Waals surface area contributed by atoms with Crippen LogP contribution in [0.25, 0.3) is 0 Å². The van der Waals surface area contributed by atoms with Gasteiger partial charge in [-0.15, -0.1) is 0 Å². The van der Waals surface area contributed by atoms with Gasteiger partial charge in [-0.25, -0.2) is 0 Å². The number of methoxy groups -OCH3 is 3. The van der Waals surface area contributed by atoms with Gasteiger partial charge in [-0.2, -0.15) is 0 Å². The van der Waals surface area contributed by atoms with Crippen molar-refractivity contribution in [1.82, 2.24) is 0 Å². The van der Waals surface area contributed by atoms with Crippen molar-refractivity contribution in [2.24, 2.45) is 0 Å². The van der Waals surface area contributed by atoms with Crippen molar-refractivity contribution >= 4 is 5.97 Å². The minimum atomic E-state index is -0.449. The van der Waals surface area contributed by atoms with E-state index in [2.05, 4.69) is 0 Å². The van der Waals surface area contributed by atoms with Gasteiger partial charge in [0.15, 0.2) is 6.10 Å². The molecule has 0 radical (unpaired) electrons. The predicted octanol–water partition coefficient (Wildman–Crippen LogP) is -0.00670. The maximum atomic E-state index is 11.0. The normalized spacial score (nSPS) is 33.4. The molecular formula is C11H20O6. The Morgan fingerprint density at radius 1 is 1.24 bits per heavy atom. The SMILES string of the molecule is COC[C@@H]1OC[C@H](OC(C)=O)[C@@H](OC)[C@H]1OC. The summed E-state index contributed by atoms with van der Waals surface area (Å²) in [5.41, 5.74) is 0. The molecule has 1 aliphatic heterocycles. The summed E-state index contributed by atoms with van der Waals surface area (Å²) in [6.07, 6.45) is -1.34. The summed E-state index contributed by atoms with van der Waals surface area (Å²) in [6, 6.07) is 0. The van der Waals surface area contributed by atoms with Crippen LogP contribution in [0.4, 0.5) is 0 Å². The molecule has 1 heterocycles. The van der Waals surface area contributed by atoms with Gasteiger partial charge in [-0.1, -0.05) is 0 Å². The van der Waals surface area contributed by atoms with E-state index in [0.29, 0.717) is 6.61 Å². The largest absolute Gasteiger partial charge is 0.457 e. The van der Waals surface area contributed by atoms with Crippen molar-refractivity contribution in [3.63, 3.8) is 0 Å². The van der Waals surface area contributed by atoms with E-state index in [1.165, 1.54) is 6.92 Å². The van der Waals surface area contributed by atoms with Crippen molar-refractivity contribution in [2.75, 3.05) is 34.5 Å². The highest BCUT2D eigenvalue weighted by Crippen LogP contribution is 2.23. The van der Waals surface area contributed by atoms with Crippen LogP contribution in [0, 0.1) is 0 Å². The Balaban J connectivity index is 2.70. The fourth-order valence-electron chi connectivity index (χ4n) is 2.02. The molecule has 0 bridgehead atoms. The average Bonchev–Trinajstić information content (AvgIpc) is 2.30. The Bertz CT molecular complexity index is 244. The van der Waals surface area contributed by atoms with Gasteiger partial charge in [0.1, 0.15) is 18.3 Å². The van der Waals surface area contributed by atoms with Crippen LogP contribution in [-0.4, -0.2) is 64.9 Å². The average molecular weight is 248 g/mol. The summed E-state index contributed by atoms with van der Waals surface area (Å²) in [5, 5.41) is 0. The molecule has 0 spiro atoms. The number of rotatable bonds is 5. The summed E-state index contributed by atoms with van der Waals surface area (Å²) in [7, 11) is 4.72. The van der Waals surface area contributed by atoms with Crippen LogP contribution in [0.5, 0.6) is 0 Å². The van der Waals surface area contributed by atoms with Crippen molar-refractivity contribution < 1.29 is 28.5 Å². The predicted molar refractivity (Wildman–Crippen MR) is 58.8 cm³/mol. The van der Waals surface area contributed by atoms with E-state index in [0.717, 1.165) is 0 Å². The lowest BCUT2D eigenvalue weighted by molar-refractivity contribution is -0.223. The molecule has 17 heavy (non-hydrogen) atoms. The lowest BCUT2D eigenvalue weighted by atomic mass is 10.00. The lowest BCUT2D eigenvalue weighted by Crippen LogP contribution is -2.57. The fourth-order valence-corrected chi connectivity index (χ4v) is 2.02. The quantitative estimate of drug-likeness (QED) is 0.638. The first kappa shape index (κ1) is 14.4. The number of carbonyl (C=O) groups is 1. The molecule has 1 rings (SSSR count). The molecule has 0 saturated carbocycles. The molecular weight excluding hydrogens is 228 g/mol. The van der Waals surface area contributed by atoms with E-state index in [4.69, 9.17) is 23.7 Å². The van der Waals surface area contributed by atoms with Crippen LogP contribution in [-0.2, 0) is 28.5 Å². The number of ether oxygens (including phenoxy) is 5. The number of hydrogen-bond acceptors (Lipinski definition) is 6. The van der Waals surface area contributed by atoms with Gasteiger partial charge in [-0.3, -0.25) is 4.79 Å². The van der Waals surface area contributed by atoms with Crippen molar-refractivity contribution in [2.45, 2.75) is 31.3 Å². The molecule has 6 nitrogen and oxygen atoms in total. The zero-order valence-corrected chi connectivity index (χ0v) is 10.7. The maximum Gasteiger partial charge on any atom is 0.303 e. The Hall–Kier alpha value is -0.690. The van der Waals surface area contributed by atoms with Gasteiger partial charge in [-0.05, 0) is 0 Å². The summed E-state index contributed by atoms with van der Waals surface area (Å²) >= 11 is 0. The van der Waals surface area contributed by atoms with E-state index >= 15 is 0 Å². The molecule has 1 saturated heterocycles. The van der Waals surface area contributed by atoms with Gasteiger partial charge in [0.25, 0.3) is 0 Å². The van der Waals surface area contributed by atoms with E-state index in [9.17, 15) is 4.79 Å². The second kappa shape index (κ2) is 6.90. The number of hydrogen-bond donors (Lipinski definition) is 0. The Labute approximate surface area is 101 Å². The van der Waals surface area contributed by atoms with Gasteiger partial charge in [0.05, 0.1) is 13.2 Å². The topological polar surface area (TPSA) is 63.2 Å². The molecule has 6 heteroatoms. The summed E-state index contributed by atoms with van der Waals surface area (Å²) in [4.78, 5) is 11.0. The molecule has 1 fully saturated rings. The molecule has 0 aromatic carbocycles. The monoisotopic (exact) mass is 248 g/mol. The standard InChI is InChI=1S/C11H20O6/c1-7(12)17-9-6-16-8(5-13-2)10(14-3)11(9)15-4/h8-11H,5-6H2,1-4H3/t8-,9-,10-,11+/m0/s1. The zero-order valence-electron chi connectivity index (χ0n) is 10.7. The highest BCUT2D eigenvalue weighted by molar-refractivity contribution is 5.66. The smallest absolute Gasteiger partial charge is 0.303 e. The van der Waals surface area contributed by atoms with Crippen LogP contribution in [0.1, 0.15) is 6.92 Å². The van der Waals surface area contributed by atoms with Gasteiger partial charge in [0, 0.05) is 28.3 Å². The molecule has 100 valence electrons. The molecule has 0 N–H and O–H groups in total. The first-order valence-corrected chi connectivity index (χ1v) is 5.47. The van der Waals surface area contributed by atoms with Crippen LogP contribution >= 0.6 is 0 Å². The third kappa shape index (κ3) is 3.64. The molecule has 0 aliphatic carbocycles. The molecule has 0 amide bonds. The summed E-state index contributed by atoms with van der Waals surface area (Å²) in [5.74, 6) is -0.360. The van der Waals surface area contributed by atoms with E-state index in [1.54, 1.807) is 21.3 Å². The molecule has 0 aromatic heterocycles. The molecule has 1 aliphatic rings. The van der Waals surface area contributed by atoms with Gasteiger partial charge >= 0.3 is 5.97 Å². The first-order valence-electron chi connectivity index (χ1n) is 5.47. The highest BCUT2D eigenvalue weighted by atomic mass is 16.6. The van der Waals surface area contributed by atoms with Crippen LogP contribution in [0.3, 0.4) is 0 Å². The van der Waals surface area contributed by atoms with Crippen molar-refractivity contribution in [1.29, 1.82) is 0 Å². The van der Waals surface area contributed by atoms with E-state index < -0.39 is 6.10 Å². The van der Waals surface area contributed by atoms with Crippen molar-refractivity contribution in [3.05, 3.63) is 0 Å². The third-order valence-electron chi connectivity index (χ3n) is 2.72. The zero-order chi connectivity index (χ0) is 12.8. The van der Waals surface area contributed by atoms with Crippen LogP contribution in [0.15, 0.2) is 0 Å². The maximum absolute atomic E-state index is 11.0. The third-order valence-corrected chi connectivity index (χ3v) is 2.72. The molecule has 0 unspecified atom stereocenters. The second-order valence-electron chi connectivity index (χ2n) is 3.88. The number of carbonyl (C=O) groups excluding carboxylic acids is 1. The van der Waals surface area contributed by atoms with E-state index in [1.807, 2.05) is 0 Å². The second-order valence-corrected chi connectivity index (χ2v) is 3.88.